The van der Waals surface area contributed by atoms with Gasteiger partial charge in [-0.05, 0) is 99.4 Å². The largest absolute Gasteiger partial charge is 0.300 e. The van der Waals surface area contributed by atoms with Gasteiger partial charge in [-0.3, -0.25) is 0 Å². The molecule has 2 fully saturated rings. The van der Waals surface area contributed by atoms with E-state index in [-0.39, 0.29) is 0 Å². The van der Waals surface area contributed by atoms with Crippen molar-refractivity contribution in [1.82, 2.24) is 4.90 Å². The number of nitriles is 1. The summed E-state index contributed by atoms with van der Waals surface area (Å²) in [5.74, 6) is 0. The van der Waals surface area contributed by atoms with Crippen molar-refractivity contribution in [2.75, 3.05) is 13.1 Å². The van der Waals surface area contributed by atoms with Crippen LogP contribution in [0.2, 0.25) is 0 Å². The minimum atomic E-state index is -1.25. The molecule has 2 nitrogen and oxygen atoms in total. The normalized spacial score (nSPS) is 18.2. The van der Waals surface area contributed by atoms with Crippen molar-refractivity contribution in [3.63, 3.8) is 0 Å². The van der Waals surface area contributed by atoms with Crippen LogP contribution in [0.4, 0.5) is 8.78 Å². The lowest BCUT2D eigenvalue weighted by Gasteiger charge is -2.41. The van der Waals surface area contributed by atoms with Crippen LogP contribution in [0.25, 0.3) is 0 Å². The Morgan fingerprint density at radius 3 is 1.86 bits per heavy atom. The van der Waals surface area contributed by atoms with E-state index in [1.54, 1.807) is 6.07 Å². The number of rotatable bonds is 12. The van der Waals surface area contributed by atoms with Gasteiger partial charge in [0.05, 0.1) is 6.07 Å². The van der Waals surface area contributed by atoms with Crippen molar-refractivity contribution < 1.29 is 8.78 Å². The first-order valence-corrected chi connectivity index (χ1v) is 14.0. The fourth-order valence-corrected chi connectivity index (χ4v) is 5.85. The molecule has 2 aliphatic rings. The first-order chi connectivity index (χ1) is 17.4. The Bertz CT molecular complexity index is 935. The van der Waals surface area contributed by atoms with Crippen molar-refractivity contribution in [1.29, 1.82) is 5.26 Å². The second-order valence-corrected chi connectivity index (χ2v) is 10.6. The summed E-state index contributed by atoms with van der Waals surface area (Å²) in [5.41, 5.74) is 1.44. The smallest absolute Gasteiger partial charge is 0.136 e. The van der Waals surface area contributed by atoms with E-state index in [1.165, 1.54) is 12.5 Å². The van der Waals surface area contributed by atoms with Crippen LogP contribution < -0.4 is 0 Å². The molecule has 0 bridgehead atoms. The van der Waals surface area contributed by atoms with Gasteiger partial charge in [0.15, 0.2) is 0 Å². The maximum Gasteiger partial charge on any atom is 0.136 e. The zero-order valence-corrected chi connectivity index (χ0v) is 22.5. The quantitative estimate of drug-likeness (QED) is 0.295. The summed E-state index contributed by atoms with van der Waals surface area (Å²) in [6.45, 7) is 8.03. The summed E-state index contributed by atoms with van der Waals surface area (Å²) in [6, 6.07) is 18.7. The van der Waals surface area contributed by atoms with Crippen molar-refractivity contribution in [3.05, 3.63) is 70.8 Å². The lowest BCUT2D eigenvalue weighted by molar-refractivity contribution is 0.0511. The maximum absolute atomic E-state index is 15.7. The molecule has 196 valence electrons. The van der Waals surface area contributed by atoms with Gasteiger partial charge < -0.3 is 4.90 Å². The Hall–Kier alpha value is -2.25. The monoisotopic (exact) mass is 494 g/mol. The molecule has 2 aromatic carbocycles. The molecule has 4 rings (SSSR count). The van der Waals surface area contributed by atoms with Crippen LogP contribution in [0.5, 0.6) is 0 Å². The van der Waals surface area contributed by atoms with Gasteiger partial charge in [-0.1, -0.05) is 62.4 Å². The van der Waals surface area contributed by atoms with Crippen molar-refractivity contribution in [3.8, 4) is 6.07 Å². The van der Waals surface area contributed by atoms with Gasteiger partial charge in [0.1, 0.15) is 11.3 Å². The van der Waals surface area contributed by atoms with Gasteiger partial charge in [-0.15, -0.1) is 0 Å². The molecule has 2 aliphatic carbocycles. The van der Waals surface area contributed by atoms with Gasteiger partial charge in [0.2, 0.25) is 0 Å². The number of benzene rings is 2. The van der Waals surface area contributed by atoms with Gasteiger partial charge in [0.25, 0.3) is 0 Å². The van der Waals surface area contributed by atoms with Crippen LogP contribution in [0.1, 0.15) is 101 Å². The second kappa shape index (κ2) is 13.3. The van der Waals surface area contributed by atoms with Crippen molar-refractivity contribution >= 4 is 0 Å². The average Bonchev–Trinajstić information content (AvgIpc) is 2.85. The minimum Gasteiger partial charge on any atom is -0.300 e. The van der Waals surface area contributed by atoms with E-state index in [0.29, 0.717) is 31.7 Å². The summed E-state index contributed by atoms with van der Waals surface area (Å²) in [7, 11) is 0. The molecule has 0 aliphatic heterocycles. The van der Waals surface area contributed by atoms with Gasteiger partial charge in [-0.2, -0.15) is 5.26 Å². The summed E-state index contributed by atoms with van der Waals surface area (Å²) >= 11 is 0. The number of nitrogens with zero attached hydrogens (tertiary/aromatic N) is 2. The standard InChI is InChI=1S/C30H41F2N.C2H3N/c1-3-22-33(23-17-24-11-6-5-7-12-24)25(4-2)15-16-26-27(29(31)18-9-19-29)13-8-14-28(26)30(32)20-10-21-30;1-2-3/h5-8,11-14,25H,3-4,9-10,15-23H2,1-2H3;1H3. The van der Waals surface area contributed by atoms with Gasteiger partial charge in [-0.25, -0.2) is 8.78 Å². The van der Waals surface area contributed by atoms with Crippen LogP contribution in [-0.4, -0.2) is 24.0 Å². The Kier molecular flexibility index (Phi) is 10.5. The third-order valence-corrected chi connectivity index (χ3v) is 8.19. The van der Waals surface area contributed by atoms with Crippen molar-refractivity contribution in [2.24, 2.45) is 0 Å². The molecule has 36 heavy (non-hydrogen) atoms. The second-order valence-electron chi connectivity index (χ2n) is 10.6. The van der Waals surface area contributed by atoms with Crippen LogP contribution in [0.15, 0.2) is 48.5 Å². The fraction of sp³-hybridized carbons (Fsp3) is 0.594. The summed E-state index contributed by atoms with van der Waals surface area (Å²) in [6.07, 6.45) is 9.15. The molecule has 4 heteroatoms. The highest BCUT2D eigenvalue weighted by atomic mass is 19.1. The SMILES string of the molecule is CC#N.CCCN(CCc1ccccc1)C(CC)CCc1c(C2(F)CCC2)cccc1C1(F)CCC1. The number of hydrogen-bond acceptors (Lipinski definition) is 2. The predicted octanol–water partition coefficient (Wildman–Crippen LogP) is 8.58. The molecule has 0 spiro atoms. The minimum absolute atomic E-state index is 0.434. The Balaban J connectivity index is 0.00000115. The van der Waals surface area contributed by atoms with Crippen LogP contribution >= 0.6 is 0 Å². The molecule has 0 aromatic heterocycles. The zero-order chi connectivity index (χ0) is 26.0. The molecule has 2 saturated carbocycles. The van der Waals surface area contributed by atoms with E-state index < -0.39 is 11.3 Å². The number of hydrogen-bond donors (Lipinski definition) is 0. The molecule has 2 aromatic rings. The number of alkyl halides is 2. The summed E-state index contributed by atoms with van der Waals surface area (Å²) < 4.78 is 31.3. The van der Waals surface area contributed by atoms with Crippen LogP contribution in [0.3, 0.4) is 0 Å². The summed E-state index contributed by atoms with van der Waals surface area (Å²) in [5, 5.41) is 7.32. The highest BCUT2D eigenvalue weighted by Gasteiger charge is 2.45. The van der Waals surface area contributed by atoms with E-state index in [9.17, 15) is 0 Å². The highest BCUT2D eigenvalue weighted by molar-refractivity contribution is 5.44. The third kappa shape index (κ3) is 6.74. The van der Waals surface area contributed by atoms with Crippen molar-refractivity contribution in [2.45, 2.75) is 109 Å². The first kappa shape index (κ1) is 28.3. The van der Waals surface area contributed by atoms with E-state index in [4.69, 9.17) is 5.26 Å². The molecular weight excluding hydrogens is 450 g/mol. The molecule has 0 saturated heterocycles. The van der Waals surface area contributed by atoms with Crippen LogP contribution in [0, 0.1) is 11.3 Å². The van der Waals surface area contributed by atoms with E-state index >= 15 is 8.78 Å². The zero-order valence-electron chi connectivity index (χ0n) is 22.5. The lowest BCUT2D eigenvalue weighted by atomic mass is 9.69. The average molecular weight is 495 g/mol. The molecule has 1 unspecified atom stereocenters. The molecule has 0 N–H and O–H groups in total. The summed E-state index contributed by atoms with van der Waals surface area (Å²) in [4.78, 5) is 2.61. The van der Waals surface area contributed by atoms with E-state index in [2.05, 4.69) is 49.1 Å². The Morgan fingerprint density at radius 2 is 1.42 bits per heavy atom. The van der Waals surface area contributed by atoms with Gasteiger partial charge in [0, 0.05) is 19.5 Å². The molecule has 0 amide bonds. The topological polar surface area (TPSA) is 27.0 Å². The number of halogens is 2. The van der Waals surface area contributed by atoms with Crippen LogP contribution in [-0.2, 0) is 24.2 Å². The van der Waals surface area contributed by atoms with E-state index in [1.807, 2.05) is 18.2 Å². The third-order valence-electron chi connectivity index (χ3n) is 8.19. The first-order valence-electron chi connectivity index (χ1n) is 14.0. The Morgan fingerprint density at radius 1 is 0.861 bits per heavy atom. The molecule has 0 heterocycles. The molecule has 0 radical (unpaired) electrons. The van der Waals surface area contributed by atoms with E-state index in [0.717, 1.165) is 74.7 Å². The highest BCUT2D eigenvalue weighted by Crippen LogP contribution is 2.51. The lowest BCUT2D eigenvalue weighted by Crippen LogP contribution is -2.38. The molecule has 1 atom stereocenters. The Labute approximate surface area is 217 Å². The molecular formula is C32H44F2N2. The fourth-order valence-electron chi connectivity index (χ4n) is 5.85. The predicted molar refractivity (Wildman–Crippen MR) is 145 cm³/mol. The maximum atomic E-state index is 15.7. The van der Waals surface area contributed by atoms with Gasteiger partial charge >= 0.3 is 0 Å².